The first-order valence-corrected chi connectivity index (χ1v) is 11.4. The van der Waals surface area contributed by atoms with Crippen LogP contribution in [0.15, 0.2) is 18.2 Å². The number of carbonyl (C=O) groups excluding carboxylic acids is 1. The van der Waals surface area contributed by atoms with Crippen LogP contribution in [-0.2, 0) is 16.0 Å². The molecule has 3 N–H and O–H groups in total. The predicted octanol–water partition coefficient (Wildman–Crippen LogP) is 3.13. The van der Waals surface area contributed by atoms with E-state index in [9.17, 15) is 15.0 Å². The third-order valence-corrected chi connectivity index (χ3v) is 8.58. The molecule has 5 heteroatoms. The standard InChI is InChI=1S/C24H33NO4/c1-24-9-8-18-17-7-5-15(26)11-14(17)4-6-19(18)21(24)12-20(22(24)27)23(28)25-13-16-3-2-10-29-16/h5,7,11,16,18-22,26-27H,2-4,6,8-10,12-13H2,1H3,(H,25,28). The molecular weight excluding hydrogens is 366 g/mol. The molecule has 1 aromatic carbocycles. The highest BCUT2D eigenvalue weighted by Gasteiger charge is 2.59. The number of aromatic hydroxyl groups is 1. The lowest BCUT2D eigenvalue weighted by Gasteiger charge is -2.50. The van der Waals surface area contributed by atoms with Crippen LogP contribution in [0, 0.1) is 23.2 Å². The molecule has 1 amide bonds. The maximum absolute atomic E-state index is 12.9. The Labute approximate surface area is 172 Å². The monoisotopic (exact) mass is 399 g/mol. The third kappa shape index (κ3) is 3.17. The van der Waals surface area contributed by atoms with Crippen LogP contribution in [0.1, 0.15) is 62.5 Å². The second-order valence-electron chi connectivity index (χ2n) is 10.0. The Hall–Kier alpha value is -1.59. The fourth-order valence-electron chi connectivity index (χ4n) is 6.99. The lowest BCUT2D eigenvalue weighted by Crippen LogP contribution is -2.46. The number of aryl methyl sites for hydroxylation is 1. The summed E-state index contributed by atoms with van der Waals surface area (Å²) in [5.41, 5.74) is 2.47. The molecule has 7 atom stereocenters. The number of benzene rings is 1. The molecule has 1 aromatic rings. The second-order valence-corrected chi connectivity index (χ2v) is 10.0. The van der Waals surface area contributed by atoms with Gasteiger partial charge < -0.3 is 20.3 Å². The number of phenols is 1. The first-order chi connectivity index (χ1) is 14.0. The Morgan fingerprint density at radius 1 is 1.31 bits per heavy atom. The Kier molecular flexibility index (Phi) is 4.86. The molecule has 5 nitrogen and oxygen atoms in total. The summed E-state index contributed by atoms with van der Waals surface area (Å²) in [5, 5.41) is 24.1. The number of carbonyl (C=O) groups is 1. The molecule has 0 spiro atoms. The SMILES string of the molecule is CC12CCC3c4ccc(O)cc4CCC3C1CC(C(=O)NCC1CCCO1)C2O. The molecule has 3 fully saturated rings. The summed E-state index contributed by atoms with van der Waals surface area (Å²) < 4.78 is 5.62. The highest BCUT2D eigenvalue weighted by atomic mass is 16.5. The van der Waals surface area contributed by atoms with Crippen molar-refractivity contribution >= 4 is 5.91 Å². The lowest BCUT2D eigenvalue weighted by atomic mass is 9.55. The summed E-state index contributed by atoms with van der Waals surface area (Å²) in [6.07, 6.45) is 6.48. The topological polar surface area (TPSA) is 78.8 Å². The maximum Gasteiger partial charge on any atom is 0.225 e. The van der Waals surface area contributed by atoms with Gasteiger partial charge in [-0.1, -0.05) is 13.0 Å². The fourth-order valence-corrected chi connectivity index (χ4v) is 6.99. The Morgan fingerprint density at radius 2 is 2.17 bits per heavy atom. The van der Waals surface area contributed by atoms with E-state index in [1.54, 1.807) is 6.07 Å². The number of nitrogens with one attached hydrogen (secondary N) is 1. The van der Waals surface area contributed by atoms with E-state index in [1.807, 2.05) is 6.07 Å². The molecular formula is C24H33NO4. The minimum Gasteiger partial charge on any atom is -0.508 e. The van der Waals surface area contributed by atoms with Gasteiger partial charge in [0.05, 0.1) is 18.1 Å². The fraction of sp³-hybridized carbons (Fsp3) is 0.708. The number of fused-ring (bicyclic) bond motifs is 5. The van der Waals surface area contributed by atoms with Crippen molar-refractivity contribution in [3.05, 3.63) is 29.3 Å². The molecule has 158 valence electrons. The smallest absolute Gasteiger partial charge is 0.225 e. The van der Waals surface area contributed by atoms with Crippen molar-refractivity contribution in [3.8, 4) is 5.75 Å². The van der Waals surface area contributed by atoms with Gasteiger partial charge in [0.25, 0.3) is 0 Å². The zero-order valence-electron chi connectivity index (χ0n) is 17.3. The maximum atomic E-state index is 12.9. The number of hydrogen-bond acceptors (Lipinski definition) is 4. The quantitative estimate of drug-likeness (QED) is 0.730. The molecule has 5 rings (SSSR count). The summed E-state index contributed by atoms with van der Waals surface area (Å²) in [4.78, 5) is 12.9. The molecule has 1 aliphatic heterocycles. The molecule has 0 aromatic heterocycles. The number of phenolic OH excluding ortho intramolecular Hbond substituents is 1. The van der Waals surface area contributed by atoms with Gasteiger partial charge in [-0.05, 0) is 91.4 Å². The first-order valence-electron chi connectivity index (χ1n) is 11.4. The Balaban J connectivity index is 1.33. The van der Waals surface area contributed by atoms with E-state index in [4.69, 9.17) is 4.74 Å². The summed E-state index contributed by atoms with van der Waals surface area (Å²) in [6, 6.07) is 5.82. The van der Waals surface area contributed by atoms with Crippen molar-refractivity contribution in [3.63, 3.8) is 0 Å². The zero-order valence-corrected chi connectivity index (χ0v) is 17.3. The van der Waals surface area contributed by atoms with Crippen LogP contribution in [0.25, 0.3) is 0 Å². The van der Waals surface area contributed by atoms with E-state index >= 15 is 0 Å². The van der Waals surface area contributed by atoms with Crippen LogP contribution in [0.2, 0.25) is 0 Å². The van der Waals surface area contributed by atoms with E-state index < -0.39 is 6.10 Å². The van der Waals surface area contributed by atoms with E-state index in [2.05, 4.69) is 18.3 Å². The van der Waals surface area contributed by atoms with Gasteiger partial charge in [-0.2, -0.15) is 0 Å². The summed E-state index contributed by atoms with van der Waals surface area (Å²) in [7, 11) is 0. The lowest BCUT2D eigenvalue weighted by molar-refractivity contribution is -0.130. The average Bonchev–Trinajstić information content (AvgIpc) is 3.32. The highest BCUT2D eigenvalue weighted by molar-refractivity contribution is 5.80. The Bertz CT molecular complexity index is 789. The van der Waals surface area contributed by atoms with Crippen molar-refractivity contribution in [2.75, 3.05) is 13.2 Å². The molecule has 7 unspecified atom stereocenters. The molecule has 29 heavy (non-hydrogen) atoms. The summed E-state index contributed by atoms with van der Waals surface area (Å²) >= 11 is 0. The normalized spacial score (nSPS) is 40.8. The largest absolute Gasteiger partial charge is 0.508 e. The summed E-state index contributed by atoms with van der Waals surface area (Å²) in [6.45, 7) is 3.56. The minimum atomic E-state index is -0.570. The highest BCUT2D eigenvalue weighted by Crippen LogP contribution is 2.62. The van der Waals surface area contributed by atoms with Gasteiger partial charge in [-0.15, -0.1) is 0 Å². The minimum absolute atomic E-state index is 0.00121. The number of hydrogen-bond donors (Lipinski definition) is 3. The Morgan fingerprint density at radius 3 is 2.97 bits per heavy atom. The van der Waals surface area contributed by atoms with Crippen molar-refractivity contribution in [1.29, 1.82) is 0 Å². The number of aliphatic hydroxyl groups excluding tert-OH is 1. The summed E-state index contributed by atoms with van der Waals surface area (Å²) in [5.74, 6) is 1.40. The number of rotatable bonds is 3. The van der Waals surface area contributed by atoms with Crippen LogP contribution in [0.3, 0.4) is 0 Å². The molecule has 0 bridgehead atoms. The van der Waals surface area contributed by atoms with E-state index in [0.29, 0.717) is 30.0 Å². The van der Waals surface area contributed by atoms with Gasteiger partial charge in [0.15, 0.2) is 0 Å². The number of amides is 1. The molecule has 1 saturated heterocycles. The van der Waals surface area contributed by atoms with Crippen molar-refractivity contribution in [1.82, 2.24) is 5.32 Å². The average molecular weight is 400 g/mol. The number of aliphatic hydroxyl groups is 1. The van der Waals surface area contributed by atoms with Crippen molar-refractivity contribution < 1.29 is 19.7 Å². The first kappa shape index (κ1) is 19.4. The van der Waals surface area contributed by atoms with Gasteiger partial charge in [-0.25, -0.2) is 0 Å². The predicted molar refractivity (Wildman–Crippen MR) is 110 cm³/mol. The van der Waals surface area contributed by atoms with Gasteiger partial charge in [-0.3, -0.25) is 4.79 Å². The van der Waals surface area contributed by atoms with E-state index in [0.717, 1.165) is 51.6 Å². The second kappa shape index (κ2) is 7.28. The van der Waals surface area contributed by atoms with Crippen LogP contribution < -0.4 is 5.32 Å². The van der Waals surface area contributed by atoms with Crippen molar-refractivity contribution in [2.24, 2.45) is 23.2 Å². The molecule has 3 aliphatic carbocycles. The zero-order chi connectivity index (χ0) is 20.2. The van der Waals surface area contributed by atoms with E-state index in [1.165, 1.54) is 11.1 Å². The van der Waals surface area contributed by atoms with Crippen LogP contribution >= 0.6 is 0 Å². The molecule has 1 heterocycles. The number of ether oxygens (including phenoxy) is 1. The van der Waals surface area contributed by atoms with Gasteiger partial charge in [0, 0.05) is 13.2 Å². The molecule has 4 aliphatic rings. The third-order valence-electron chi connectivity index (χ3n) is 8.58. The molecule has 2 saturated carbocycles. The van der Waals surface area contributed by atoms with Crippen LogP contribution in [0.4, 0.5) is 0 Å². The van der Waals surface area contributed by atoms with Crippen LogP contribution in [-0.4, -0.2) is 41.5 Å². The van der Waals surface area contributed by atoms with Gasteiger partial charge >= 0.3 is 0 Å². The van der Waals surface area contributed by atoms with Crippen molar-refractivity contribution in [2.45, 2.75) is 70.0 Å². The van der Waals surface area contributed by atoms with Gasteiger partial charge in [0.1, 0.15) is 5.75 Å². The van der Waals surface area contributed by atoms with Crippen LogP contribution in [0.5, 0.6) is 5.75 Å². The molecule has 0 radical (unpaired) electrons. The van der Waals surface area contributed by atoms with E-state index in [-0.39, 0.29) is 23.3 Å². The van der Waals surface area contributed by atoms with Gasteiger partial charge in [0.2, 0.25) is 5.91 Å².